The third kappa shape index (κ3) is 4.88. The molecule has 0 aliphatic carbocycles. The molecule has 0 radical (unpaired) electrons. The Morgan fingerprint density at radius 1 is 1.23 bits per heavy atom. The van der Waals surface area contributed by atoms with Gasteiger partial charge >= 0.3 is 0 Å². The van der Waals surface area contributed by atoms with Gasteiger partial charge in [-0.05, 0) is 30.5 Å². The number of hydrogen-bond acceptors (Lipinski definition) is 3. The maximum Gasteiger partial charge on any atom is 0.269 e. The number of pyridine rings is 1. The number of hydrogen-bond donors (Lipinski definition) is 2. The van der Waals surface area contributed by atoms with Gasteiger partial charge in [-0.15, -0.1) is 0 Å². The average Bonchev–Trinajstić information content (AvgIpc) is 2.51. The second-order valence-electron chi connectivity index (χ2n) is 5.88. The van der Waals surface area contributed by atoms with E-state index >= 15 is 0 Å². The molecule has 0 unspecified atom stereocenters. The highest BCUT2D eigenvalue weighted by molar-refractivity contribution is 5.92. The first-order chi connectivity index (χ1) is 10.5. The number of aryl methyl sites for hydroxylation is 1. The first kappa shape index (κ1) is 16.0. The van der Waals surface area contributed by atoms with E-state index in [-0.39, 0.29) is 5.91 Å². The lowest BCUT2D eigenvalue weighted by atomic mass is 10.1. The van der Waals surface area contributed by atoms with Gasteiger partial charge in [0.2, 0.25) is 0 Å². The molecule has 2 aromatic rings. The van der Waals surface area contributed by atoms with Crippen molar-refractivity contribution in [2.75, 3.05) is 11.9 Å². The fourth-order valence-corrected chi connectivity index (χ4v) is 2.05. The second-order valence-corrected chi connectivity index (χ2v) is 5.88. The zero-order chi connectivity index (χ0) is 15.9. The van der Waals surface area contributed by atoms with Gasteiger partial charge < -0.3 is 10.6 Å². The number of carbonyl (C=O) groups is 1. The third-order valence-corrected chi connectivity index (χ3v) is 3.25. The van der Waals surface area contributed by atoms with E-state index in [4.69, 9.17) is 0 Å². The summed E-state index contributed by atoms with van der Waals surface area (Å²) in [5.74, 6) is 0.304. The summed E-state index contributed by atoms with van der Waals surface area (Å²) in [6, 6.07) is 12.0. The molecule has 4 nitrogen and oxygen atoms in total. The highest BCUT2D eigenvalue weighted by Gasteiger charge is 2.07. The average molecular weight is 297 g/mol. The summed E-state index contributed by atoms with van der Waals surface area (Å²) >= 11 is 0. The molecule has 0 spiro atoms. The molecule has 0 aliphatic rings. The van der Waals surface area contributed by atoms with E-state index in [2.05, 4.69) is 54.6 Å². The number of rotatable bonds is 6. The summed E-state index contributed by atoms with van der Waals surface area (Å²) in [5, 5.41) is 6.17. The maximum atomic E-state index is 11.9. The summed E-state index contributed by atoms with van der Waals surface area (Å²) in [6.07, 6.45) is 1.69. The van der Waals surface area contributed by atoms with Crippen LogP contribution >= 0.6 is 0 Å². The number of nitrogens with zero attached hydrogens (tertiary/aromatic N) is 1. The minimum atomic E-state index is -0.126. The first-order valence-corrected chi connectivity index (χ1v) is 7.58. The van der Waals surface area contributed by atoms with E-state index in [9.17, 15) is 4.79 Å². The fourth-order valence-electron chi connectivity index (χ4n) is 2.05. The zero-order valence-corrected chi connectivity index (χ0v) is 13.4. The van der Waals surface area contributed by atoms with Crippen molar-refractivity contribution >= 4 is 11.6 Å². The van der Waals surface area contributed by atoms with E-state index in [1.165, 1.54) is 11.1 Å². The highest BCUT2D eigenvalue weighted by atomic mass is 16.1. The lowest BCUT2D eigenvalue weighted by Crippen LogP contribution is -2.27. The number of nitrogens with one attached hydrogen (secondary N) is 2. The van der Waals surface area contributed by atoms with Gasteiger partial charge in [-0.1, -0.05) is 43.7 Å². The number of amides is 1. The summed E-state index contributed by atoms with van der Waals surface area (Å²) in [7, 11) is 0. The van der Waals surface area contributed by atoms with Gasteiger partial charge in [-0.25, -0.2) is 4.98 Å². The van der Waals surface area contributed by atoms with Crippen molar-refractivity contribution < 1.29 is 4.79 Å². The molecule has 0 saturated carbocycles. The lowest BCUT2D eigenvalue weighted by Gasteiger charge is -2.09. The molecule has 116 valence electrons. The van der Waals surface area contributed by atoms with Crippen molar-refractivity contribution in [1.29, 1.82) is 0 Å². The quantitative estimate of drug-likeness (QED) is 0.859. The molecule has 0 atom stereocenters. The number of carbonyl (C=O) groups excluding carboxylic acids is 1. The van der Waals surface area contributed by atoms with Crippen LogP contribution in [0.5, 0.6) is 0 Å². The molecule has 1 aromatic carbocycles. The van der Waals surface area contributed by atoms with Gasteiger partial charge in [0, 0.05) is 13.1 Å². The second kappa shape index (κ2) is 7.59. The Bertz CT molecular complexity index is 620. The standard InChI is InChI=1S/C18H23N3O/c1-13(2)10-21-18(22)17-8-7-16(12-20-17)19-11-15-6-4-5-14(3)9-15/h4-9,12-13,19H,10-11H2,1-3H3,(H,21,22). The van der Waals surface area contributed by atoms with Crippen LogP contribution < -0.4 is 10.6 Å². The van der Waals surface area contributed by atoms with Crippen LogP contribution in [0.4, 0.5) is 5.69 Å². The monoisotopic (exact) mass is 297 g/mol. The van der Waals surface area contributed by atoms with Crippen molar-refractivity contribution in [2.45, 2.75) is 27.3 Å². The van der Waals surface area contributed by atoms with Crippen LogP contribution in [-0.4, -0.2) is 17.4 Å². The van der Waals surface area contributed by atoms with Crippen LogP contribution in [0.25, 0.3) is 0 Å². The minimum absolute atomic E-state index is 0.126. The Balaban J connectivity index is 1.90. The molecule has 2 N–H and O–H groups in total. The highest BCUT2D eigenvalue weighted by Crippen LogP contribution is 2.10. The lowest BCUT2D eigenvalue weighted by molar-refractivity contribution is 0.0944. The molecule has 1 amide bonds. The Hall–Kier alpha value is -2.36. The Morgan fingerprint density at radius 2 is 2.05 bits per heavy atom. The van der Waals surface area contributed by atoms with E-state index in [1.807, 2.05) is 12.1 Å². The number of anilines is 1. The van der Waals surface area contributed by atoms with Crippen LogP contribution in [0, 0.1) is 12.8 Å². The molecule has 0 aliphatic heterocycles. The van der Waals surface area contributed by atoms with Crippen molar-refractivity contribution in [2.24, 2.45) is 5.92 Å². The molecule has 1 heterocycles. The molecule has 1 aromatic heterocycles. The SMILES string of the molecule is Cc1cccc(CNc2ccc(C(=O)NCC(C)C)nc2)c1. The van der Waals surface area contributed by atoms with Gasteiger partial charge in [0.1, 0.15) is 5.69 Å². The van der Waals surface area contributed by atoms with Crippen LogP contribution in [0.2, 0.25) is 0 Å². The van der Waals surface area contributed by atoms with Crippen LogP contribution in [0.15, 0.2) is 42.6 Å². The van der Waals surface area contributed by atoms with Crippen molar-refractivity contribution in [3.63, 3.8) is 0 Å². The van der Waals surface area contributed by atoms with Gasteiger partial charge in [0.25, 0.3) is 5.91 Å². The Kier molecular flexibility index (Phi) is 5.53. The predicted molar refractivity (Wildman–Crippen MR) is 89.9 cm³/mol. The van der Waals surface area contributed by atoms with Crippen molar-refractivity contribution in [3.05, 3.63) is 59.4 Å². The fraction of sp³-hybridized carbons (Fsp3) is 0.333. The van der Waals surface area contributed by atoms with Crippen LogP contribution in [0.1, 0.15) is 35.5 Å². The molecule has 0 fully saturated rings. The largest absolute Gasteiger partial charge is 0.380 e. The predicted octanol–water partition coefficient (Wildman–Crippen LogP) is 3.39. The van der Waals surface area contributed by atoms with Gasteiger partial charge in [0.15, 0.2) is 0 Å². The van der Waals surface area contributed by atoms with Gasteiger partial charge in [-0.3, -0.25) is 4.79 Å². The van der Waals surface area contributed by atoms with Gasteiger partial charge in [-0.2, -0.15) is 0 Å². The molecule has 0 bridgehead atoms. The first-order valence-electron chi connectivity index (χ1n) is 7.58. The number of benzene rings is 1. The van der Waals surface area contributed by atoms with Crippen molar-refractivity contribution in [1.82, 2.24) is 10.3 Å². The molecular weight excluding hydrogens is 274 g/mol. The molecule has 22 heavy (non-hydrogen) atoms. The molecule has 0 saturated heterocycles. The zero-order valence-electron chi connectivity index (χ0n) is 13.4. The number of aromatic nitrogens is 1. The summed E-state index contributed by atoms with van der Waals surface area (Å²) in [5.41, 5.74) is 3.82. The topological polar surface area (TPSA) is 54.0 Å². The van der Waals surface area contributed by atoms with E-state index < -0.39 is 0 Å². The Morgan fingerprint density at radius 3 is 2.68 bits per heavy atom. The van der Waals surface area contributed by atoms with Gasteiger partial charge in [0.05, 0.1) is 11.9 Å². The van der Waals surface area contributed by atoms with E-state index in [0.29, 0.717) is 18.2 Å². The van der Waals surface area contributed by atoms with Crippen LogP contribution in [-0.2, 0) is 6.54 Å². The summed E-state index contributed by atoms with van der Waals surface area (Å²) in [6.45, 7) is 7.60. The molecular formula is C18H23N3O. The minimum Gasteiger partial charge on any atom is -0.380 e. The molecule has 4 heteroatoms. The van der Waals surface area contributed by atoms with Crippen LogP contribution in [0.3, 0.4) is 0 Å². The van der Waals surface area contributed by atoms with E-state index in [0.717, 1.165) is 12.2 Å². The van der Waals surface area contributed by atoms with E-state index in [1.54, 1.807) is 12.3 Å². The third-order valence-electron chi connectivity index (χ3n) is 3.25. The summed E-state index contributed by atoms with van der Waals surface area (Å²) < 4.78 is 0. The smallest absolute Gasteiger partial charge is 0.269 e. The normalized spacial score (nSPS) is 10.5. The molecule has 2 rings (SSSR count). The van der Waals surface area contributed by atoms with Crippen molar-refractivity contribution in [3.8, 4) is 0 Å². The maximum absolute atomic E-state index is 11.9. The summed E-state index contributed by atoms with van der Waals surface area (Å²) in [4.78, 5) is 16.1. The Labute approximate surface area is 132 Å².